The third kappa shape index (κ3) is 4.20. The number of rotatable bonds is 5. The van der Waals surface area contributed by atoms with E-state index in [1.54, 1.807) is 0 Å². The van der Waals surface area contributed by atoms with E-state index in [-0.39, 0.29) is 6.67 Å². The quantitative estimate of drug-likeness (QED) is 0.736. The maximum atomic E-state index is 13.4. The van der Waals surface area contributed by atoms with Gasteiger partial charge in [-0.3, -0.25) is 10.6 Å². The molecule has 0 saturated heterocycles. The van der Waals surface area contributed by atoms with Gasteiger partial charge in [0.2, 0.25) is 0 Å². The van der Waals surface area contributed by atoms with Crippen LogP contribution in [-0.2, 0) is 0 Å². The summed E-state index contributed by atoms with van der Waals surface area (Å²) < 4.78 is 13.4. The van der Waals surface area contributed by atoms with Crippen molar-refractivity contribution in [3.8, 4) is 0 Å². The summed E-state index contributed by atoms with van der Waals surface area (Å²) in [6.07, 6.45) is 12.7. The third-order valence-corrected chi connectivity index (χ3v) is 4.52. The summed E-state index contributed by atoms with van der Waals surface area (Å²) in [7, 11) is 0. The van der Waals surface area contributed by atoms with Gasteiger partial charge in [-0.05, 0) is 32.6 Å². The number of hydrogen-bond acceptors (Lipinski definition) is 2. The Morgan fingerprint density at radius 2 is 1.22 bits per heavy atom. The van der Waals surface area contributed by atoms with E-state index in [0.29, 0.717) is 12.1 Å². The Morgan fingerprint density at radius 1 is 0.833 bits per heavy atom. The molecule has 0 unspecified atom stereocenters. The molecule has 0 aliphatic heterocycles. The second kappa shape index (κ2) is 6.85. The Morgan fingerprint density at radius 3 is 1.56 bits per heavy atom. The Bertz CT molecular complexity index is 213. The van der Waals surface area contributed by atoms with Crippen LogP contribution >= 0.6 is 0 Å². The van der Waals surface area contributed by atoms with Crippen LogP contribution in [-0.4, -0.2) is 24.4 Å². The molecule has 2 N–H and O–H groups in total. The van der Waals surface area contributed by atoms with Gasteiger partial charge in [0, 0.05) is 12.1 Å². The van der Waals surface area contributed by atoms with E-state index in [4.69, 9.17) is 0 Å². The van der Waals surface area contributed by atoms with Gasteiger partial charge in [-0.1, -0.05) is 38.5 Å². The summed E-state index contributed by atoms with van der Waals surface area (Å²) in [6, 6.07) is 1.02. The van der Waals surface area contributed by atoms with E-state index in [9.17, 15) is 4.39 Å². The van der Waals surface area contributed by atoms with Crippen LogP contribution in [0, 0.1) is 0 Å². The zero-order valence-corrected chi connectivity index (χ0v) is 11.8. The standard InChI is InChI=1S/C15H29FN2/c1-15(12-16,17-13-8-4-2-5-9-13)18-14-10-6-3-7-11-14/h13-14,17-18H,2-12H2,1H3. The van der Waals surface area contributed by atoms with Crippen molar-refractivity contribution in [1.29, 1.82) is 0 Å². The fourth-order valence-electron chi connectivity index (χ4n) is 3.51. The molecule has 0 atom stereocenters. The van der Waals surface area contributed by atoms with Gasteiger partial charge in [-0.25, -0.2) is 4.39 Å². The molecule has 2 saturated carbocycles. The Balaban J connectivity index is 1.83. The van der Waals surface area contributed by atoms with Crippen molar-refractivity contribution in [2.45, 2.75) is 88.9 Å². The molecule has 2 fully saturated rings. The average molecular weight is 256 g/mol. The minimum absolute atomic E-state index is 0.319. The van der Waals surface area contributed by atoms with Gasteiger partial charge >= 0.3 is 0 Å². The van der Waals surface area contributed by atoms with E-state index < -0.39 is 5.66 Å². The molecule has 0 amide bonds. The maximum absolute atomic E-state index is 13.4. The Labute approximate surface area is 111 Å². The van der Waals surface area contributed by atoms with Gasteiger partial charge in [0.25, 0.3) is 0 Å². The SMILES string of the molecule is CC(CF)(NC1CCCCC1)NC1CCCCC1. The van der Waals surface area contributed by atoms with Gasteiger partial charge in [0.1, 0.15) is 6.67 Å². The van der Waals surface area contributed by atoms with Crippen LogP contribution in [0.3, 0.4) is 0 Å². The predicted molar refractivity (Wildman–Crippen MR) is 74.4 cm³/mol. The Kier molecular flexibility index (Phi) is 5.43. The summed E-state index contributed by atoms with van der Waals surface area (Å²) >= 11 is 0. The lowest BCUT2D eigenvalue weighted by atomic mass is 9.92. The zero-order valence-electron chi connectivity index (χ0n) is 11.8. The van der Waals surface area contributed by atoms with Crippen LogP contribution < -0.4 is 10.6 Å². The third-order valence-electron chi connectivity index (χ3n) is 4.52. The van der Waals surface area contributed by atoms with E-state index in [0.717, 1.165) is 0 Å². The second-order valence-electron chi connectivity index (χ2n) is 6.42. The number of hydrogen-bond donors (Lipinski definition) is 2. The summed E-state index contributed by atoms with van der Waals surface area (Å²) in [5.41, 5.74) is -0.510. The van der Waals surface area contributed by atoms with Crippen LogP contribution in [0.15, 0.2) is 0 Å². The van der Waals surface area contributed by atoms with E-state index in [1.807, 2.05) is 6.92 Å². The zero-order chi connectivity index (χ0) is 12.8. The largest absolute Gasteiger partial charge is 0.295 e. The van der Waals surface area contributed by atoms with Gasteiger partial charge in [-0.15, -0.1) is 0 Å². The minimum atomic E-state index is -0.510. The van der Waals surface area contributed by atoms with Crippen molar-refractivity contribution >= 4 is 0 Å². The van der Waals surface area contributed by atoms with Crippen LogP contribution in [0.4, 0.5) is 4.39 Å². The molecule has 0 aromatic carbocycles. The van der Waals surface area contributed by atoms with Gasteiger partial charge in [0.15, 0.2) is 0 Å². The van der Waals surface area contributed by atoms with E-state index >= 15 is 0 Å². The lowest BCUT2D eigenvalue weighted by Crippen LogP contribution is -2.62. The molecule has 0 bridgehead atoms. The highest BCUT2D eigenvalue weighted by atomic mass is 19.1. The van der Waals surface area contributed by atoms with Gasteiger partial charge in [-0.2, -0.15) is 0 Å². The van der Waals surface area contributed by atoms with Crippen molar-refractivity contribution in [3.63, 3.8) is 0 Å². The fourth-order valence-corrected chi connectivity index (χ4v) is 3.51. The second-order valence-corrected chi connectivity index (χ2v) is 6.42. The molecule has 2 nitrogen and oxygen atoms in total. The van der Waals surface area contributed by atoms with Crippen molar-refractivity contribution in [3.05, 3.63) is 0 Å². The summed E-state index contributed by atoms with van der Waals surface area (Å²) in [4.78, 5) is 0. The normalized spacial score (nSPS) is 24.3. The van der Waals surface area contributed by atoms with Gasteiger partial charge in [0.05, 0.1) is 5.66 Å². The molecule has 3 heteroatoms. The highest BCUT2D eigenvalue weighted by Gasteiger charge is 2.30. The highest BCUT2D eigenvalue weighted by molar-refractivity contribution is 4.89. The predicted octanol–water partition coefficient (Wildman–Crippen LogP) is 3.52. The van der Waals surface area contributed by atoms with Crippen LogP contribution in [0.25, 0.3) is 0 Å². The molecule has 0 radical (unpaired) electrons. The molecule has 2 rings (SSSR count). The molecule has 0 heterocycles. The van der Waals surface area contributed by atoms with Gasteiger partial charge < -0.3 is 0 Å². The molecule has 0 aromatic rings. The maximum Gasteiger partial charge on any atom is 0.120 e. The van der Waals surface area contributed by atoms with E-state index in [1.165, 1.54) is 64.2 Å². The smallest absolute Gasteiger partial charge is 0.120 e. The topological polar surface area (TPSA) is 24.1 Å². The number of halogens is 1. The minimum Gasteiger partial charge on any atom is -0.295 e. The van der Waals surface area contributed by atoms with Crippen molar-refractivity contribution < 1.29 is 4.39 Å². The molecule has 106 valence electrons. The summed E-state index contributed by atoms with van der Waals surface area (Å²) in [5.74, 6) is 0. The van der Waals surface area contributed by atoms with Crippen LogP contribution in [0.5, 0.6) is 0 Å². The number of alkyl halides is 1. The number of nitrogens with one attached hydrogen (secondary N) is 2. The lowest BCUT2D eigenvalue weighted by molar-refractivity contribution is 0.148. The molecule has 18 heavy (non-hydrogen) atoms. The average Bonchev–Trinajstić information content (AvgIpc) is 2.41. The van der Waals surface area contributed by atoms with E-state index in [2.05, 4.69) is 10.6 Å². The fraction of sp³-hybridized carbons (Fsp3) is 1.00. The van der Waals surface area contributed by atoms with Crippen molar-refractivity contribution in [1.82, 2.24) is 10.6 Å². The monoisotopic (exact) mass is 256 g/mol. The molecule has 2 aliphatic carbocycles. The molecule has 0 spiro atoms. The Hall–Kier alpha value is -0.150. The first kappa shape index (κ1) is 14.3. The molecular weight excluding hydrogens is 227 g/mol. The van der Waals surface area contributed by atoms with Crippen LogP contribution in [0.2, 0.25) is 0 Å². The lowest BCUT2D eigenvalue weighted by Gasteiger charge is -2.39. The molecule has 2 aliphatic rings. The van der Waals surface area contributed by atoms with Crippen molar-refractivity contribution in [2.24, 2.45) is 0 Å². The molecular formula is C15H29FN2. The first-order valence-electron chi connectivity index (χ1n) is 7.83. The first-order valence-corrected chi connectivity index (χ1v) is 7.83. The van der Waals surface area contributed by atoms with Crippen LogP contribution in [0.1, 0.15) is 71.1 Å². The highest BCUT2D eigenvalue weighted by Crippen LogP contribution is 2.22. The molecule has 0 aromatic heterocycles. The summed E-state index contributed by atoms with van der Waals surface area (Å²) in [6.45, 7) is 1.68. The summed E-state index contributed by atoms with van der Waals surface area (Å²) in [5, 5.41) is 7.09. The van der Waals surface area contributed by atoms with Crippen molar-refractivity contribution in [2.75, 3.05) is 6.67 Å². The first-order chi connectivity index (χ1) is 8.72.